The second-order valence-corrected chi connectivity index (χ2v) is 19.1. The Balaban J connectivity index is 1.19. The van der Waals surface area contributed by atoms with Crippen LogP contribution in [0.25, 0.3) is 11.2 Å². The third kappa shape index (κ3) is 12.0. The molecule has 77 heavy (non-hydrogen) atoms. The molecule has 9 rings (SSSR count). The van der Waals surface area contributed by atoms with Crippen molar-refractivity contribution < 1.29 is 56.5 Å². The molecule has 20 heteroatoms. The van der Waals surface area contributed by atoms with E-state index in [1.54, 1.807) is 87.9 Å². The van der Waals surface area contributed by atoms with Gasteiger partial charge < -0.3 is 37.5 Å². The highest BCUT2D eigenvalue weighted by atomic mass is 35.5. The average Bonchev–Trinajstić information content (AvgIpc) is 4.11. The zero-order valence-electron chi connectivity index (χ0n) is 42.1. The number of halogens is 1. The van der Waals surface area contributed by atoms with Crippen LogP contribution < -0.4 is 29.0 Å². The Morgan fingerprint density at radius 1 is 0.792 bits per heavy atom. The predicted molar refractivity (Wildman–Crippen MR) is 289 cm³/mol. The van der Waals surface area contributed by atoms with Crippen molar-refractivity contribution in [2.24, 2.45) is 0 Å². The summed E-state index contributed by atoms with van der Waals surface area (Å²) in [7, 11) is -2.02. The molecule has 396 valence electrons. The van der Waals surface area contributed by atoms with Gasteiger partial charge >= 0.3 is 13.9 Å². The molecule has 1 aliphatic rings. The van der Waals surface area contributed by atoms with Crippen molar-refractivity contribution in [3.05, 3.63) is 204 Å². The normalized spacial score (nSPS) is 17.0. The molecule has 2 aromatic heterocycles. The van der Waals surface area contributed by atoms with Crippen LogP contribution in [0.3, 0.4) is 0 Å². The number of para-hydroxylation sites is 3. The fourth-order valence-electron chi connectivity index (χ4n) is 9.01. The van der Waals surface area contributed by atoms with E-state index >= 15 is 0 Å². The Kier molecular flexibility index (Phi) is 17.1. The lowest BCUT2D eigenvalue weighted by atomic mass is 9.80. The number of nitrogens with zero attached hydrogens (tertiary/aromatic N) is 5. The van der Waals surface area contributed by atoms with E-state index in [1.807, 2.05) is 91.0 Å². The molecule has 0 spiro atoms. The number of amides is 2. The molecule has 18 nitrogen and oxygen atoms in total. The van der Waals surface area contributed by atoms with Crippen molar-refractivity contribution in [1.29, 1.82) is 0 Å². The summed E-state index contributed by atoms with van der Waals surface area (Å²) in [5, 5.41) is 2.73. The van der Waals surface area contributed by atoms with Crippen LogP contribution in [0.15, 0.2) is 183 Å². The van der Waals surface area contributed by atoms with Gasteiger partial charge in [0.25, 0.3) is 5.88 Å². The maximum absolute atomic E-state index is 14.6. The monoisotopic (exact) mass is 1080 g/mol. The zero-order chi connectivity index (χ0) is 53.9. The largest absolute Gasteiger partial charge is 0.527 e. The summed E-state index contributed by atoms with van der Waals surface area (Å²) >= 11 is 6.47. The molecule has 1 unspecified atom stereocenters. The topological polar surface area (TPSA) is 204 Å². The number of anilines is 3. The van der Waals surface area contributed by atoms with Gasteiger partial charge in [0.1, 0.15) is 41.2 Å². The smallest absolute Gasteiger partial charge is 0.497 e. The van der Waals surface area contributed by atoms with Crippen molar-refractivity contribution in [3.63, 3.8) is 0 Å². The molecule has 2 N–H and O–H groups in total. The first kappa shape index (κ1) is 53.9. The van der Waals surface area contributed by atoms with Gasteiger partial charge in [-0.1, -0.05) is 128 Å². The molecule has 6 aromatic carbocycles. The van der Waals surface area contributed by atoms with E-state index in [2.05, 4.69) is 21.9 Å². The molecule has 1 fully saturated rings. The van der Waals surface area contributed by atoms with Crippen LogP contribution in [0, 0.1) is 0 Å². The molecule has 2 amide bonds. The molecular formula is C57H54ClN6O12P. The lowest BCUT2D eigenvalue weighted by Crippen LogP contribution is -2.40. The molecule has 1 aliphatic heterocycles. The summed E-state index contributed by atoms with van der Waals surface area (Å²) in [4.78, 5) is 54.7. The van der Waals surface area contributed by atoms with Crippen LogP contribution in [-0.4, -0.2) is 88.8 Å². The van der Waals surface area contributed by atoms with Crippen LogP contribution in [0.4, 0.5) is 22.1 Å². The molecular weight excluding hydrogens is 1030 g/mol. The summed E-state index contributed by atoms with van der Waals surface area (Å²) in [5.74, 6) is 0.0831. The molecule has 0 saturated carbocycles. The number of phosphoric ester groups is 1. The van der Waals surface area contributed by atoms with Crippen molar-refractivity contribution >= 4 is 59.9 Å². The van der Waals surface area contributed by atoms with Crippen LogP contribution in [-0.2, 0) is 33.7 Å². The minimum absolute atomic E-state index is 0.00700. The van der Waals surface area contributed by atoms with Gasteiger partial charge in [0.2, 0.25) is 11.9 Å². The third-order valence-corrected chi connectivity index (χ3v) is 13.8. The molecule has 0 radical (unpaired) electrons. The number of phosphoric acid groups is 1. The number of methoxy groups -OCH3 is 2. The summed E-state index contributed by atoms with van der Waals surface area (Å²) in [6.45, 7) is 5.12. The van der Waals surface area contributed by atoms with Crippen LogP contribution in [0.1, 0.15) is 36.1 Å². The van der Waals surface area contributed by atoms with Crippen molar-refractivity contribution in [2.75, 3.05) is 44.3 Å². The lowest BCUT2D eigenvalue weighted by molar-refractivity contribution is -0.115. The van der Waals surface area contributed by atoms with Crippen molar-refractivity contribution in [1.82, 2.24) is 19.5 Å². The number of rotatable bonds is 22. The average molecular weight is 1080 g/mol. The summed E-state index contributed by atoms with van der Waals surface area (Å²) in [5.41, 5.74) is 1.68. The summed E-state index contributed by atoms with van der Waals surface area (Å²) in [6, 6.07) is 47.1. The zero-order valence-corrected chi connectivity index (χ0v) is 43.7. The van der Waals surface area contributed by atoms with Gasteiger partial charge in [0, 0.05) is 6.42 Å². The van der Waals surface area contributed by atoms with Gasteiger partial charge in [-0.15, -0.1) is 6.58 Å². The van der Waals surface area contributed by atoms with E-state index in [4.69, 9.17) is 54.1 Å². The molecule has 1 saturated heterocycles. The highest BCUT2D eigenvalue weighted by Gasteiger charge is 2.52. The van der Waals surface area contributed by atoms with E-state index in [0.29, 0.717) is 34.0 Å². The number of fused-ring (bicyclic) bond motifs is 1. The Bertz CT molecular complexity index is 3250. The van der Waals surface area contributed by atoms with Crippen LogP contribution in [0.5, 0.6) is 23.1 Å². The predicted octanol–water partition coefficient (Wildman–Crippen LogP) is 11.3. The molecule has 0 bridgehead atoms. The number of nitrogens with one attached hydrogen (secondary N) is 1. The number of hydrogen-bond donors (Lipinski definition) is 2. The quantitative estimate of drug-likeness (QED) is 0.0280. The van der Waals surface area contributed by atoms with Crippen molar-refractivity contribution in [2.45, 2.75) is 43.3 Å². The standard InChI is InChI=1S/C57H54ClN6O12P/c1-5-34-71-35-47-51(63-37-59-50-53(63)61-55(60-49(65)6-2)62-54(50)74-56(66)64(41-20-12-8-13-21-41)42-22-14-9-15-23-42)52(76-77(67,68)75-46-25-17-16-24-45(46)58)48(73-47)36-72-57(38-18-10-7-11-19-38,39-26-30-43(69-3)31-27-39)40-28-32-44(70-4)33-29-40/h5,7-33,37,47-48,51-52H,1,6,34-36H2,2-4H3,(H,67,68)(H,60,61,62,65)/t47-,48-,51-,52-/m0/s1. The first-order valence-corrected chi connectivity index (χ1v) is 26.3. The van der Waals surface area contributed by atoms with Gasteiger partial charge in [-0.25, -0.2) is 19.2 Å². The molecule has 8 aromatic rings. The first-order valence-electron chi connectivity index (χ1n) is 24.4. The van der Waals surface area contributed by atoms with Gasteiger partial charge in [-0.05, 0) is 77.4 Å². The Hall–Kier alpha value is -7.93. The van der Waals surface area contributed by atoms with Gasteiger partial charge in [-0.3, -0.25) is 19.5 Å². The second kappa shape index (κ2) is 24.4. The molecule has 5 atom stereocenters. The van der Waals surface area contributed by atoms with Gasteiger partial charge in [-0.2, -0.15) is 9.97 Å². The minimum atomic E-state index is -5.18. The van der Waals surface area contributed by atoms with Crippen LogP contribution >= 0.6 is 19.4 Å². The first-order chi connectivity index (χ1) is 37.4. The highest BCUT2D eigenvalue weighted by molar-refractivity contribution is 7.47. The van der Waals surface area contributed by atoms with E-state index < -0.39 is 49.8 Å². The SMILES string of the molecule is C=CCOC[C@@H]1O[C@@H](COC(c2ccccc2)(c2ccc(OC)cc2)c2ccc(OC)cc2)[C@H](OP(=O)(O)Oc2ccccc2Cl)[C@H]1n1cnc2c(OC(=O)N(c3ccccc3)c3ccccc3)nc(NC(=O)CC)nc21. The number of benzene rings is 6. The maximum atomic E-state index is 14.6. The van der Waals surface area contributed by atoms with E-state index in [-0.39, 0.29) is 60.0 Å². The fraction of sp³-hybridized carbons (Fsp3) is 0.211. The highest BCUT2D eigenvalue weighted by Crippen LogP contribution is 2.52. The maximum Gasteiger partial charge on any atom is 0.527 e. The third-order valence-electron chi connectivity index (χ3n) is 12.6. The van der Waals surface area contributed by atoms with Gasteiger partial charge in [0.15, 0.2) is 11.2 Å². The molecule has 3 heterocycles. The Morgan fingerprint density at radius 2 is 1.36 bits per heavy atom. The fourth-order valence-corrected chi connectivity index (χ4v) is 10.3. The number of imidazole rings is 1. The molecule has 0 aliphatic carbocycles. The number of carbonyl (C=O) groups is 2. The van der Waals surface area contributed by atoms with Crippen molar-refractivity contribution in [3.8, 4) is 23.1 Å². The number of aromatic nitrogens is 4. The van der Waals surface area contributed by atoms with Crippen LogP contribution in [0.2, 0.25) is 5.02 Å². The summed E-state index contributed by atoms with van der Waals surface area (Å²) < 4.78 is 65.7. The van der Waals surface area contributed by atoms with E-state index in [1.165, 1.54) is 27.9 Å². The van der Waals surface area contributed by atoms with E-state index in [0.717, 1.165) is 5.56 Å². The number of hydrogen-bond acceptors (Lipinski definition) is 14. The Morgan fingerprint density at radius 3 is 1.94 bits per heavy atom. The number of carbonyl (C=O) groups excluding carboxylic acids is 2. The van der Waals surface area contributed by atoms with E-state index in [9.17, 15) is 19.0 Å². The summed E-state index contributed by atoms with van der Waals surface area (Å²) in [6.07, 6.45) is -1.58. The number of ether oxygens (including phenoxy) is 6. The Labute approximate surface area is 449 Å². The lowest BCUT2D eigenvalue weighted by Gasteiger charge is -2.37. The minimum Gasteiger partial charge on any atom is -0.497 e. The van der Waals surface area contributed by atoms with Gasteiger partial charge in [0.05, 0.1) is 62.8 Å². The second-order valence-electron chi connectivity index (χ2n) is 17.4.